The molecule has 3 aliphatic rings. The molecule has 30 heavy (non-hydrogen) atoms. The molecule has 3 unspecified atom stereocenters. The van der Waals surface area contributed by atoms with Crippen LogP contribution in [0.2, 0.25) is 0 Å². The fourth-order valence-electron chi connectivity index (χ4n) is 6.76. The van der Waals surface area contributed by atoms with Crippen molar-refractivity contribution in [2.75, 3.05) is 0 Å². The highest BCUT2D eigenvalue weighted by Gasteiger charge is 2.50. The van der Waals surface area contributed by atoms with E-state index in [2.05, 4.69) is 44.7 Å². The lowest BCUT2D eigenvalue weighted by Gasteiger charge is -2.44. The smallest absolute Gasteiger partial charge is 0.115 e. The summed E-state index contributed by atoms with van der Waals surface area (Å²) in [5.74, 6) is 2.44. The zero-order valence-corrected chi connectivity index (χ0v) is 18.7. The van der Waals surface area contributed by atoms with Gasteiger partial charge in [-0.05, 0) is 104 Å². The average molecular weight is 407 g/mol. The molecular formula is C28H38O2. The van der Waals surface area contributed by atoms with Gasteiger partial charge in [0.25, 0.3) is 0 Å². The fraction of sp³-hybridized carbons (Fsp3) is 0.571. The minimum atomic E-state index is -0.201. The Hall–Kier alpha value is -1.80. The van der Waals surface area contributed by atoms with Gasteiger partial charge in [-0.1, -0.05) is 55.9 Å². The molecule has 2 heteroatoms. The Balaban J connectivity index is 1.50. The maximum atomic E-state index is 10.0. The SMILES string of the molecule is C=C1CCC(O)C/C1=C/C=C1\CCC[C@@]2(C)C1CC[C@@H]2C(C)Cc1ccc(O)cc1. The number of aliphatic hydroxyl groups excluding tert-OH is 1. The maximum Gasteiger partial charge on any atom is 0.115 e. The van der Waals surface area contributed by atoms with Gasteiger partial charge in [0.15, 0.2) is 0 Å². The van der Waals surface area contributed by atoms with Crippen molar-refractivity contribution in [2.45, 2.75) is 77.7 Å². The lowest BCUT2D eigenvalue weighted by molar-refractivity contribution is 0.0975. The van der Waals surface area contributed by atoms with E-state index in [9.17, 15) is 10.2 Å². The van der Waals surface area contributed by atoms with Gasteiger partial charge in [-0.2, -0.15) is 0 Å². The fourth-order valence-corrected chi connectivity index (χ4v) is 6.76. The van der Waals surface area contributed by atoms with Gasteiger partial charge in [-0.25, -0.2) is 0 Å². The van der Waals surface area contributed by atoms with Crippen molar-refractivity contribution in [3.63, 3.8) is 0 Å². The molecule has 2 nitrogen and oxygen atoms in total. The summed E-state index contributed by atoms with van der Waals surface area (Å²) in [5.41, 5.74) is 5.81. The van der Waals surface area contributed by atoms with Crippen LogP contribution in [0.1, 0.15) is 70.8 Å². The van der Waals surface area contributed by atoms with Crippen molar-refractivity contribution in [3.05, 3.63) is 65.3 Å². The molecule has 0 bridgehead atoms. The highest BCUT2D eigenvalue weighted by atomic mass is 16.3. The van der Waals surface area contributed by atoms with Crippen LogP contribution in [0, 0.1) is 23.2 Å². The van der Waals surface area contributed by atoms with Crippen LogP contribution in [-0.2, 0) is 6.42 Å². The molecule has 3 saturated carbocycles. The Morgan fingerprint density at radius 2 is 1.90 bits per heavy atom. The summed E-state index contributed by atoms with van der Waals surface area (Å²) >= 11 is 0. The van der Waals surface area contributed by atoms with E-state index in [1.165, 1.54) is 48.8 Å². The third-order valence-electron chi connectivity index (χ3n) is 8.41. The van der Waals surface area contributed by atoms with Gasteiger partial charge in [0.2, 0.25) is 0 Å². The second kappa shape index (κ2) is 8.75. The summed E-state index contributed by atoms with van der Waals surface area (Å²) in [6.07, 6.45) is 14.6. The molecule has 0 spiro atoms. The minimum absolute atomic E-state index is 0.201. The number of rotatable bonds is 4. The third kappa shape index (κ3) is 4.30. The average Bonchev–Trinajstić information content (AvgIpc) is 3.08. The first-order valence-corrected chi connectivity index (χ1v) is 11.9. The van der Waals surface area contributed by atoms with E-state index in [1.807, 2.05) is 12.1 Å². The Morgan fingerprint density at radius 3 is 2.67 bits per heavy atom. The Kier molecular flexibility index (Phi) is 6.25. The van der Waals surface area contributed by atoms with Gasteiger partial charge in [0, 0.05) is 0 Å². The van der Waals surface area contributed by atoms with E-state index in [1.54, 1.807) is 5.57 Å². The van der Waals surface area contributed by atoms with E-state index in [0.29, 0.717) is 23.0 Å². The Morgan fingerprint density at radius 1 is 1.13 bits per heavy atom. The van der Waals surface area contributed by atoms with Crippen LogP contribution in [0.3, 0.4) is 0 Å². The molecule has 1 aromatic carbocycles. The number of hydrogen-bond donors (Lipinski definition) is 2. The van der Waals surface area contributed by atoms with E-state index < -0.39 is 0 Å². The van der Waals surface area contributed by atoms with E-state index in [4.69, 9.17) is 0 Å². The number of fused-ring (bicyclic) bond motifs is 1. The first-order chi connectivity index (χ1) is 14.4. The van der Waals surface area contributed by atoms with Gasteiger partial charge in [0.05, 0.1) is 6.10 Å². The molecule has 5 atom stereocenters. The Bertz CT molecular complexity index is 831. The van der Waals surface area contributed by atoms with Gasteiger partial charge in [0.1, 0.15) is 5.75 Å². The molecule has 162 valence electrons. The minimum Gasteiger partial charge on any atom is -0.508 e. The van der Waals surface area contributed by atoms with E-state index >= 15 is 0 Å². The van der Waals surface area contributed by atoms with E-state index in [0.717, 1.165) is 31.6 Å². The summed E-state index contributed by atoms with van der Waals surface area (Å²) in [6.45, 7) is 9.21. The molecule has 2 N–H and O–H groups in total. The van der Waals surface area contributed by atoms with Crippen LogP contribution in [0.4, 0.5) is 0 Å². The summed E-state index contributed by atoms with van der Waals surface area (Å²) < 4.78 is 0. The van der Waals surface area contributed by atoms with Crippen LogP contribution in [0.25, 0.3) is 0 Å². The number of benzene rings is 1. The quantitative estimate of drug-likeness (QED) is 0.581. The lowest BCUT2D eigenvalue weighted by atomic mass is 9.60. The van der Waals surface area contributed by atoms with Crippen molar-refractivity contribution in [1.29, 1.82) is 0 Å². The van der Waals surface area contributed by atoms with Crippen LogP contribution >= 0.6 is 0 Å². The van der Waals surface area contributed by atoms with Gasteiger partial charge in [-0.15, -0.1) is 0 Å². The molecule has 3 aliphatic carbocycles. The molecule has 3 fully saturated rings. The highest BCUT2D eigenvalue weighted by Crippen LogP contribution is 2.59. The number of aromatic hydroxyl groups is 1. The molecular weight excluding hydrogens is 368 g/mol. The number of hydrogen-bond acceptors (Lipinski definition) is 2. The van der Waals surface area contributed by atoms with Crippen LogP contribution in [-0.4, -0.2) is 16.3 Å². The van der Waals surface area contributed by atoms with Crippen molar-refractivity contribution >= 4 is 0 Å². The number of allylic oxidation sites excluding steroid dienone is 4. The predicted molar refractivity (Wildman–Crippen MR) is 124 cm³/mol. The lowest BCUT2D eigenvalue weighted by Crippen LogP contribution is -2.36. The third-order valence-corrected chi connectivity index (χ3v) is 8.41. The summed E-state index contributed by atoms with van der Waals surface area (Å²) in [6, 6.07) is 7.77. The molecule has 0 amide bonds. The van der Waals surface area contributed by atoms with Crippen LogP contribution in [0.5, 0.6) is 5.75 Å². The number of phenolic OH excluding ortho intramolecular Hbond substituents is 1. The highest BCUT2D eigenvalue weighted by molar-refractivity contribution is 5.36. The topological polar surface area (TPSA) is 40.5 Å². The molecule has 0 heterocycles. The Labute approximate surface area is 182 Å². The first kappa shape index (κ1) is 21.4. The predicted octanol–water partition coefficient (Wildman–Crippen LogP) is 6.74. The first-order valence-electron chi connectivity index (χ1n) is 11.9. The second-order valence-electron chi connectivity index (χ2n) is 10.4. The number of aliphatic hydroxyl groups is 1. The second-order valence-corrected chi connectivity index (χ2v) is 10.4. The number of phenols is 1. The zero-order valence-electron chi connectivity index (χ0n) is 18.7. The van der Waals surface area contributed by atoms with Crippen molar-refractivity contribution in [1.82, 2.24) is 0 Å². The van der Waals surface area contributed by atoms with Crippen LogP contribution in [0.15, 0.2) is 59.7 Å². The molecule has 0 aromatic heterocycles. The maximum absolute atomic E-state index is 10.0. The van der Waals surface area contributed by atoms with Crippen molar-refractivity contribution in [3.8, 4) is 5.75 Å². The van der Waals surface area contributed by atoms with Gasteiger partial charge in [-0.3, -0.25) is 0 Å². The zero-order chi connectivity index (χ0) is 21.3. The van der Waals surface area contributed by atoms with Gasteiger partial charge < -0.3 is 10.2 Å². The van der Waals surface area contributed by atoms with Crippen molar-refractivity contribution in [2.24, 2.45) is 23.2 Å². The van der Waals surface area contributed by atoms with Crippen molar-refractivity contribution < 1.29 is 10.2 Å². The summed E-state index contributed by atoms with van der Waals surface area (Å²) in [5, 5.41) is 19.6. The van der Waals surface area contributed by atoms with E-state index in [-0.39, 0.29) is 6.10 Å². The standard InChI is InChI=1S/C28H38O2/c1-19-6-11-25(30)18-23(19)10-9-22-5-4-16-28(3)26(14-15-27(22)28)20(2)17-21-7-12-24(29)13-8-21/h7-10,12-13,20,25-27,29-30H,1,4-6,11,14-18H2,2-3H3/b22-9+,23-10-/t20?,25?,26-,27?,28-/m1/s1. The summed E-state index contributed by atoms with van der Waals surface area (Å²) in [4.78, 5) is 0. The molecule has 1 aromatic rings. The van der Waals surface area contributed by atoms with Crippen LogP contribution < -0.4 is 0 Å². The van der Waals surface area contributed by atoms with Gasteiger partial charge >= 0.3 is 0 Å². The normalized spacial score (nSPS) is 35.6. The largest absolute Gasteiger partial charge is 0.508 e. The molecule has 0 radical (unpaired) electrons. The molecule has 4 rings (SSSR count). The summed E-state index contributed by atoms with van der Waals surface area (Å²) in [7, 11) is 0. The molecule has 0 aliphatic heterocycles. The molecule has 0 saturated heterocycles. The monoisotopic (exact) mass is 406 g/mol.